The summed E-state index contributed by atoms with van der Waals surface area (Å²) in [5.41, 5.74) is 3.05. The number of benzene rings is 2. The van der Waals surface area contributed by atoms with Crippen molar-refractivity contribution in [3.63, 3.8) is 0 Å². The lowest BCUT2D eigenvalue weighted by Crippen LogP contribution is -2.29. The van der Waals surface area contributed by atoms with Gasteiger partial charge in [0, 0.05) is 40.2 Å². The second-order valence-corrected chi connectivity index (χ2v) is 9.03. The van der Waals surface area contributed by atoms with Gasteiger partial charge in [-0.1, -0.05) is 47.8 Å². The second kappa shape index (κ2) is 11.1. The quantitative estimate of drug-likeness (QED) is 0.543. The van der Waals surface area contributed by atoms with Gasteiger partial charge in [-0.15, -0.1) is 0 Å². The summed E-state index contributed by atoms with van der Waals surface area (Å²) in [6.45, 7) is 3.97. The second-order valence-electron chi connectivity index (χ2n) is 7.08. The van der Waals surface area contributed by atoms with E-state index in [1.165, 1.54) is 37.9 Å². The lowest BCUT2D eigenvalue weighted by atomic mass is 10.1. The molecule has 0 spiro atoms. The summed E-state index contributed by atoms with van der Waals surface area (Å²) >= 11 is 13.8. The zero-order valence-electron chi connectivity index (χ0n) is 15.9. The normalized spacial score (nSPS) is 14.8. The molecule has 1 N–H and O–H groups in total. The summed E-state index contributed by atoms with van der Waals surface area (Å²) in [6, 6.07) is 13.5. The molecule has 150 valence electrons. The van der Waals surface area contributed by atoms with Gasteiger partial charge in [-0.05, 0) is 61.3 Å². The van der Waals surface area contributed by atoms with Crippen LogP contribution in [0.3, 0.4) is 0 Å². The minimum absolute atomic E-state index is 0.0188. The highest BCUT2D eigenvalue weighted by Crippen LogP contribution is 2.24. The molecule has 0 radical (unpaired) electrons. The van der Waals surface area contributed by atoms with Crippen molar-refractivity contribution in [3.8, 4) is 0 Å². The van der Waals surface area contributed by atoms with Crippen molar-refractivity contribution in [1.82, 2.24) is 10.2 Å². The van der Waals surface area contributed by atoms with E-state index in [1.807, 2.05) is 24.3 Å². The molecule has 1 fully saturated rings. The Balaban J connectivity index is 1.37. The van der Waals surface area contributed by atoms with E-state index in [-0.39, 0.29) is 5.91 Å². The zero-order valence-corrected chi connectivity index (χ0v) is 18.3. The van der Waals surface area contributed by atoms with E-state index >= 15 is 0 Å². The minimum Gasteiger partial charge on any atom is -0.351 e. The highest BCUT2D eigenvalue weighted by molar-refractivity contribution is 7.98. The molecule has 0 unspecified atom stereocenters. The molecule has 0 bridgehead atoms. The molecule has 1 aliphatic rings. The van der Waals surface area contributed by atoms with Crippen molar-refractivity contribution in [2.75, 3.05) is 25.4 Å². The van der Waals surface area contributed by atoms with Crippen LogP contribution in [-0.4, -0.2) is 36.2 Å². The van der Waals surface area contributed by atoms with Crippen LogP contribution in [0.1, 0.15) is 40.7 Å². The summed E-state index contributed by atoms with van der Waals surface area (Å²) in [5, 5.41) is 4.32. The molecule has 28 heavy (non-hydrogen) atoms. The van der Waals surface area contributed by atoms with Crippen LogP contribution in [0.4, 0.5) is 0 Å². The van der Waals surface area contributed by atoms with Crippen LogP contribution in [0.5, 0.6) is 0 Å². The number of carbonyl (C=O) groups is 1. The number of piperidine rings is 1. The topological polar surface area (TPSA) is 32.3 Å². The molecule has 1 amide bonds. The average Bonchev–Trinajstić information content (AvgIpc) is 2.70. The molecule has 3 nitrogen and oxygen atoms in total. The van der Waals surface area contributed by atoms with Crippen molar-refractivity contribution in [2.24, 2.45) is 0 Å². The largest absolute Gasteiger partial charge is 0.351 e. The summed E-state index contributed by atoms with van der Waals surface area (Å²) in [4.78, 5) is 14.8. The monoisotopic (exact) mass is 436 g/mol. The fraction of sp³-hybridized carbons (Fsp3) is 0.409. The predicted octanol–water partition coefficient (Wildman–Crippen LogP) is 5.64. The number of thioether (sulfide) groups is 1. The zero-order chi connectivity index (χ0) is 19.8. The van der Waals surface area contributed by atoms with Gasteiger partial charge in [-0.3, -0.25) is 9.69 Å². The number of carbonyl (C=O) groups excluding carboxylic acids is 1. The van der Waals surface area contributed by atoms with Gasteiger partial charge in [0.05, 0.1) is 0 Å². The van der Waals surface area contributed by atoms with Crippen LogP contribution >= 0.6 is 35.0 Å². The van der Waals surface area contributed by atoms with Crippen molar-refractivity contribution in [2.45, 2.75) is 31.6 Å². The number of hydrogen-bond acceptors (Lipinski definition) is 3. The number of nitrogens with one attached hydrogen (secondary N) is 1. The lowest BCUT2D eigenvalue weighted by molar-refractivity contribution is 0.0956. The Labute approximate surface area is 181 Å². The third-order valence-electron chi connectivity index (χ3n) is 4.88. The molecule has 0 atom stereocenters. The fourth-order valence-electron chi connectivity index (χ4n) is 3.30. The van der Waals surface area contributed by atoms with Crippen molar-refractivity contribution in [1.29, 1.82) is 0 Å². The molecule has 2 aromatic rings. The van der Waals surface area contributed by atoms with Gasteiger partial charge in [0.1, 0.15) is 0 Å². The first-order chi connectivity index (χ1) is 13.6. The number of likely N-dealkylation sites (tertiary alicyclic amines) is 1. The van der Waals surface area contributed by atoms with Crippen molar-refractivity contribution >= 4 is 40.9 Å². The van der Waals surface area contributed by atoms with Crippen LogP contribution in [0.2, 0.25) is 10.0 Å². The molecule has 0 aromatic heterocycles. The number of hydrogen-bond donors (Lipinski definition) is 1. The molecular formula is C22H26Cl2N2OS. The van der Waals surface area contributed by atoms with Gasteiger partial charge in [0.15, 0.2) is 0 Å². The van der Waals surface area contributed by atoms with Crippen LogP contribution in [0, 0.1) is 0 Å². The van der Waals surface area contributed by atoms with Crippen LogP contribution in [0.25, 0.3) is 0 Å². The fourth-order valence-corrected chi connectivity index (χ4v) is 4.71. The first kappa shape index (κ1) is 21.5. The smallest absolute Gasteiger partial charge is 0.251 e. The number of nitrogens with zero attached hydrogens (tertiary/aromatic N) is 1. The third-order valence-corrected chi connectivity index (χ3v) is 6.47. The molecule has 2 aromatic carbocycles. The van der Waals surface area contributed by atoms with Gasteiger partial charge in [0.2, 0.25) is 0 Å². The summed E-state index contributed by atoms with van der Waals surface area (Å²) in [6.07, 6.45) is 3.94. The standard InChI is InChI=1S/C22H26Cl2N2OS/c23-20-9-8-19(21(24)14-20)16-28-13-10-25-22(27)18-6-4-17(5-7-18)15-26-11-2-1-3-12-26/h4-9,14H,1-3,10-13,15-16H2,(H,25,27). The lowest BCUT2D eigenvalue weighted by Gasteiger charge is -2.26. The molecule has 6 heteroatoms. The van der Waals surface area contributed by atoms with E-state index in [1.54, 1.807) is 17.8 Å². The van der Waals surface area contributed by atoms with Gasteiger partial charge in [-0.2, -0.15) is 11.8 Å². The van der Waals surface area contributed by atoms with Gasteiger partial charge < -0.3 is 5.32 Å². The van der Waals surface area contributed by atoms with E-state index < -0.39 is 0 Å². The highest BCUT2D eigenvalue weighted by atomic mass is 35.5. The summed E-state index contributed by atoms with van der Waals surface area (Å²) < 4.78 is 0. The van der Waals surface area contributed by atoms with Crippen molar-refractivity contribution < 1.29 is 4.79 Å². The summed E-state index contributed by atoms with van der Waals surface area (Å²) in [7, 11) is 0. The van der Waals surface area contributed by atoms with Gasteiger partial charge in [0.25, 0.3) is 5.91 Å². The first-order valence-electron chi connectivity index (χ1n) is 9.73. The van der Waals surface area contributed by atoms with Crippen LogP contribution in [-0.2, 0) is 12.3 Å². The average molecular weight is 437 g/mol. The number of rotatable bonds is 8. The first-order valence-corrected chi connectivity index (χ1v) is 11.6. The molecule has 0 saturated carbocycles. The highest BCUT2D eigenvalue weighted by Gasteiger charge is 2.11. The maximum absolute atomic E-state index is 12.3. The molecule has 1 heterocycles. The Hall–Kier alpha value is -1.20. The Bertz CT molecular complexity index is 777. The Morgan fingerprint density at radius 2 is 1.79 bits per heavy atom. The van der Waals surface area contributed by atoms with E-state index in [4.69, 9.17) is 23.2 Å². The van der Waals surface area contributed by atoms with Gasteiger partial charge >= 0.3 is 0 Å². The van der Waals surface area contributed by atoms with E-state index in [9.17, 15) is 4.79 Å². The number of halogens is 2. The van der Waals surface area contributed by atoms with E-state index in [0.29, 0.717) is 22.2 Å². The number of amides is 1. The molecule has 1 aliphatic heterocycles. The van der Waals surface area contributed by atoms with E-state index in [0.717, 1.165) is 23.6 Å². The maximum atomic E-state index is 12.3. The Morgan fingerprint density at radius 3 is 2.50 bits per heavy atom. The molecular weight excluding hydrogens is 411 g/mol. The molecule has 3 rings (SSSR count). The SMILES string of the molecule is O=C(NCCSCc1ccc(Cl)cc1Cl)c1ccc(CN2CCCCC2)cc1. The molecule has 1 saturated heterocycles. The predicted molar refractivity (Wildman–Crippen MR) is 121 cm³/mol. The Kier molecular flexibility index (Phi) is 8.53. The van der Waals surface area contributed by atoms with Gasteiger partial charge in [-0.25, -0.2) is 0 Å². The summed E-state index contributed by atoms with van der Waals surface area (Å²) in [5.74, 6) is 1.61. The minimum atomic E-state index is -0.0188. The third kappa shape index (κ3) is 6.70. The Morgan fingerprint density at radius 1 is 1.04 bits per heavy atom. The van der Waals surface area contributed by atoms with Crippen LogP contribution < -0.4 is 5.32 Å². The van der Waals surface area contributed by atoms with E-state index in [2.05, 4.69) is 22.3 Å². The maximum Gasteiger partial charge on any atom is 0.251 e. The van der Waals surface area contributed by atoms with Crippen LogP contribution in [0.15, 0.2) is 42.5 Å². The van der Waals surface area contributed by atoms with Crippen molar-refractivity contribution in [3.05, 3.63) is 69.2 Å². The molecule has 0 aliphatic carbocycles.